The van der Waals surface area contributed by atoms with Crippen LogP contribution in [-0.2, 0) is 9.53 Å². The maximum Gasteiger partial charge on any atom is 0.338 e. The van der Waals surface area contributed by atoms with Gasteiger partial charge < -0.3 is 14.2 Å². The van der Waals surface area contributed by atoms with Crippen molar-refractivity contribution in [2.45, 2.75) is 32.7 Å². The van der Waals surface area contributed by atoms with E-state index in [1.165, 1.54) is 18.4 Å². The van der Waals surface area contributed by atoms with Crippen LogP contribution < -0.4 is 24.4 Å². The predicted molar refractivity (Wildman–Crippen MR) is 173 cm³/mol. The molecule has 0 aliphatic carbocycles. The molecule has 44 heavy (non-hydrogen) atoms. The molecule has 0 N–H and O–H groups in total. The van der Waals surface area contributed by atoms with E-state index in [4.69, 9.17) is 24.5 Å². The van der Waals surface area contributed by atoms with Crippen LogP contribution in [0, 0.1) is 11.3 Å². The first-order valence-electron chi connectivity index (χ1n) is 14.0. The number of nitriles is 1. The summed E-state index contributed by atoms with van der Waals surface area (Å²) >= 11 is 4.73. The van der Waals surface area contributed by atoms with Crippen LogP contribution >= 0.6 is 27.3 Å². The van der Waals surface area contributed by atoms with Crippen molar-refractivity contribution < 1.29 is 19.0 Å². The van der Waals surface area contributed by atoms with E-state index in [2.05, 4.69) is 29.8 Å². The molecule has 2 heterocycles. The molecule has 0 saturated heterocycles. The average molecular weight is 673 g/mol. The normalized spacial score (nSPS) is 14.6. The monoisotopic (exact) mass is 671 g/mol. The summed E-state index contributed by atoms with van der Waals surface area (Å²) in [5, 5.41) is 8.94. The molecule has 3 aromatic carbocycles. The lowest BCUT2D eigenvalue weighted by Crippen LogP contribution is -2.40. The van der Waals surface area contributed by atoms with Crippen molar-refractivity contribution in [1.82, 2.24) is 4.57 Å². The van der Waals surface area contributed by atoms with Crippen LogP contribution in [0.4, 0.5) is 0 Å². The standard InChI is InChI=1S/C34H30BrN3O5S/c1-5-42-33(40)28-29(23-9-7-6-8-10-23)37-34-38(30(28)24-13-11-22(12-14-24)20(2)3)32(39)27(44-34)19-21-17-25(35)31(43-16-15-36)26(18-21)41-4/h6-14,17-20,30H,5,16H2,1-4H3/b27-19-/t30-/m1/s1. The van der Waals surface area contributed by atoms with Gasteiger partial charge in [-0.25, -0.2) is 9.79 Å². The minimum atomic E-state index is -0.758. The fourth-order valence-corrected chi connectivity index (χ4v) is 6.61. The van der Waals surface area contributed by atoms with Gasteiger partial charge in [0.15, 0.2) is 22.9 Å². The number of rotatable bonds is 9. The number of hydrogen-bond donors (Lipinski definition) is 0. The highest BCUT2D eigenvalue weighted by Crippen LogP contribution is 2.38. The molecule has 0 unspecified atom stereocenters. The molecule has 8 nitrogen and oxygen atoms in total. The maximum absolute atomic E-state index is 14.2. The van der Waals surface area contributed by atoms with Gasteiger partial charge in [0, 0.05) is 5.56 Å². The summed E-state index contributed by atoms with van der Waals surface area (Å²) < 4.78 is 19.2. The Morgan fingerprint density at radius 2 is 1.89 bits per heavy atom. The Labute approximate surface area is 267 Å². The minimum absolute atomic E-state index is 0.141. The highest BCUT2D eigenvalue weighted by Gasteiger charge is 2.35. The SMILES string of the molecule is CCOC(=O)C1=C(c2ccccc2)N=c2s/c(=C\c3cc(Br)c(OCC#N)c(OC)c3)c(=O)n2[C@@H]1c1ccc(C(C)C)cc1. The van der Waals surface area contributed by atoms with Crippen molar-refractivity contribution in [1.29, 1.82) is 5.26 Å². The van der Waals surface area contributed by atoms with Crippen LogP contribution in [0.1, 0.15) is 55.0 Å². The summed E-state index contributed by atoms with van der Waals surface area (Å²) in [7, 11) is 1.51. The van der Waals surface area contributed by atoms with Gasteiger partial charge in [-0.1, -0.05) is 79.8 Å². The van der Waals surface area contributed by atoms with Gasteiger partial charge >= 0.3 is 5.97 Å². The molecular formula is C34H30BrN3O5S. The van der Waals surface area contributed by atoms with Crippen molar-refractivity contribution in [3.05, 3.63) is 119 Å². The van der Waals surface area contributed by atoms with Crippen LogP contribution in [-0.4, -0.2) is 30.9 Å². The first kappa shape index (κ1) is 31.0. The molecule has 1 atom stereocenters. The van der Waals surface area contributed by atoms with Crippen LogP contribution in [0.5, 0.6) is 11.5 Å². The number of nitrogens with zero attached hydrogens (tertiary/aromatic N) is 3. The van der Waals surface area contributed by atoms with Gasteiger partial charge in [-0.3, -0.25) is 9.36 Å². The molecule has 0 spiro atoms. The fraction of sp³-hybridized carbons (Fsp3) is 0.235. The van der Waals surface area contributed by atoms with Crippen molar-refractivity contribution in [2.75, 3.05) is 20.3 Å². The Morgan fingerprint density at radius 1 is 1.16 bits per heavy atom. The summed E-state index contributed by atoms with van der Waals surface area (Å²) in [6.45, 7) is 6.03. The zero-order valence-corrected chi connectivity index (χ0v) is 27.1. The Bertz CT molecular complexity index is 1960. The molecule has 1 aromatic heterocycles. The summed E-state index contributed by atoms with van der Waals surface area (Å²) in [5.74, 6) is 0.597. The lowest BCUT2D eigenvalue weighted by Gasteiger charge is -2.26. The third-order valence-electron chi connectivity index (χ3n) is 7.12. The van der Waals surface area contributed by atoms with E-state index in [-0.39, 0.29) is 18.8 Å². The zero-order valence-electron chi connectivity index (χ0n) is 24.7. The quantitative estimate of drug-likeness (QED) is 0.211. The number of fused-ring (bicyclic) bond motifs is 1. The van der Waals surface area contributed by atoms with Crippen molar-refractivity contribution in [3.63, 3.8) is 0 Å². The number of ether oxygens (including phenoxy) is 3. The number of methoxy groups -OCH3 is 1. The van der Waals surface area contributed by atoms with E-state index in [1.54, 1.807) is 29.7 Å². The van der Waals surface area contributed by atoms with E-state index in [0.717, 1.165) is 16.7 Å². The second-order valence-electron chi connectivity index (χ2n) is 10.2. The Kier molecular flexibility index (Phi) is 9.47. The number of carbonyl (C=O) groups excluding carboxylic acids is 1. The zero-order chi connectivity index (χ0) is 31.4. The number of halogens is 1. The Balaban J connectivity index is 1.77. The van der Waals surface area contributed by atoms with E-state index in [9.17, 15) is 9.59 Å². The first-order chi connectivity index (χ1) is 21.3. The molecule has 0 fully saturated rings. The van der Waals surface area contributed by atoms with E-state index in [0.29, 0.717) is 48.1 Å². The summed E-state index contributed by atoms with van der Waals surface area (Å²) in [4.78, 5) is 33.2. The van der Waals surface area contributed by atoms with Gasteiger partial charge in [0.2, 0.25) is 0 Å². The van der Waals surface area contributed by atoms with Crippen molar-refractivity contribution in [3.8, 4) is 17.6 Å². The molecule has 10 heteroatoms. The van der Waals surface area contributed by atoms with Crippen LogP contribution in [0.15, 0.2) is 86.6 Å². The third-order valence-corrected chi connectivity index (χ3v) is 8.70. The maximum atomic E-state index is 14.2. The highest BCUT2D eigenvalue weighted by atomic mass is 79.9. The smallest absolute Gasteiger partial charge is 0.338 e. The number of esters is 1. The molecule has 5 rings (SSSR count). The Morgan fingerprint density at radius 3 is 2.52 bits per heavy atom. The largest absolute Gasteiger partial charge is 0.493 e. The molecular weight excluding hydrogens is 642 g/mol. The van der Waals surface area contributed by atoms with Crippen LogP contribution in [0.3, 0.4) is 0 Å². The van der Waals surface area contributed by atoms with Crippen molar-refractivity contribution in [2.24, 2.45) is 4.99 Å². The van der Waals surface area contributed by atoms with E-state index in [1.807, 2.05) is 60.7 Å². The van der Waals surface area contributed by atoms with Crippen molar-refractivity contribution >= 4 is 45.0 Å². The predicted octanol–water partition coefficient (Wildman–Crippen LogP) is 5.73. The molecule has 1 aliphatic heterocycles. The molecule has 4 aromatic rings. The van der Waals surface area contributed by atoms with Gasteiger partial charge in [0.25, 0.3) is 5.56 Å². The topological polar surface area (TPSA) is 103 Å². The number of hydrogen-bond acceptors (Lipinski definition) is 8. The molecule has 0 radical (unpaired) electrons. The molecule has 224 valence electrons. The first-order valence-corrected chi connectivity index (χ1v) is 15.6. The molecule has 0 bridgehead atoms. The van der Waals surface area contributed by atoms with E-state index >= 15 is 0 Å². The fourth-order valence-electron chi connectivity index (χ4n) is 5.04. The number of benzene rings is 3. The van der Waals surface area contributed by atoms with Gasteiger partial charge in [0.1, 0.15) is 6.07 Å². The van der Waals surface area contributed by atoms with Gasteiger partial charge in [-0.15, -0.1) is 0 Å². The highest BCUT2D eigenvalue weighted by molar-refractivity contribution is 9.10. The molecule has 1 aliphatic rings. The summed E-state index contributed by atoms with van der Waals surface area (Å²) in [5.41, 5.74) is 3.83. The minimum Gasteiger partial charge on any atom is -0.493 e. The van der Waals surface area contributed by atoms with Gasteiger partial charge in [0.05, 0.1) is 40.0 Å². The second kappa shape index (κ2) is 13.5. The lowest BCUT2D eigenvalue weighted by molar-refractivity contribution is -0.138. The van der Waals surface area contributed by atoms with Crippen LogP contribution in [0.25, 0.3) is 11.8 Å². The average Bonchev–Trinajstić information content (AvgIpc) is 3.34. The van der Waals surface area contributed by atoms with E-state index < -0.39 is 12.0 Å². The molecule has 0 saturated carbocycles. The van der Waals surface area contributed by atoms with Gasteiger partial charge in [-0.05, 0) is 63.7 Å². The van der Waals surface area contributed by atoms with Crippen LogP contribution in [0.2, 0.25) is 0 Å². The third kappa shape index (κ3) is 6.11. The number of aromatic nitrogens is 1. The molecule has 0 amide bonds. The second-order valence-corrected chi connectivity index (χ2v) is 12.1. The summed E-state index contributed by atoms with van der Waals surface area (Å²) in [6.07, 6.45) is 1.75. The number of carbonyl (C=O) groups is 1. The Hall–Kier alpha value is -4.46. The lowest BCUT2D eigenvalue weighted by atomic mass is 9.91. The number of thiazole rings is 1. The summed E-state index contributed by atoms with van der Waals surface area (Å²) in [6, 6.07) is 22.2. The van der Waals surface area contributed by atoms with Gasteiger partial charge in [-0.2, -0.15) is 5.26 Å².